The summed E-state index contributed by atoms with van der Waals surface area (Å²) >= 11 is 6.17. The Morgan fingerprint density at radius 1 is 1.22 bits per heavy atom. The molecule has 0 aliphatic heterocycles. The Kier molecular flexibility index (Phi) is 4.21. The van der Waals surface area contributed by atoms with Gasteiger partial charge in [0, 0.05) is 11.9 Å². The molecule has 2 rings (SSSR count). The smallest absolute Gasteiger partial charge is 0.0623 e. The Morgan fingerprint density at radius 3 is 2.72 bits per heavy atom. The lowest BCUT2D eigenvalue weighted by atomic mass is 10.1. The number of alkyl halides is 1. The summed E-state index contributed by atoms with van der Waals surface area (Å²) in [6.45, 7) is 4.77. The summed E-state index contributed by atoms with van der Waals surface area (Å²) in [4.78, 5) is 4.37. The van der Waals surface area contributed by atoms with E-state index in [-0.39, 0.29) is 5.38 Å². The van der Waals surface area contributed by atoms with Crippen molar-refractivity contribution >= 4 is 17.3 Å². The topological polar surface area (TPSA) is 24.9 Å². The summed E-state index contributed by atoms with van der Waals surface area (Å²) in [5.41, 5.74) is 4.45. The standard InChI is InChI=1S/C15H17ClN2/c1-11-6-5-9-17-15(11)10-18-14-8-4-3-7-13(14)12(2)16/h3-9,12,18H,10H2,1-2H3. The molecule has 1 aromatic heterocycles. The van der Waals surface area contributed by atoms with Crippen molar-refractivity contribution in [2.45, 2.75) is 25.8 Å². The third-order valence-electron chi connectivity index (χ3n) is 2.95. The zero-order valence-electron chi connectivity index (χ0n) is 10.7. The molecule has 2 aromatic rings. The van der Waals surface area contributed by atoms with Crippen LogP contribution in [0.3, 0.4) is 0 Å². The summed E-state index contributed by atoms with van der Waals surface area (Å²) < 4.78 is 0. The molecule has 94 valence electrons. The van der Waals surface area contributed by atoms with Gasteiger partial charge in [-0.2, -0.15) is 0 Å². The minimum absolute atomic E-state index is 0.00136. The van der Waals surface area contributed by atoms with Gasteiger partial charge in [-0.15, -0.1) is 11.6 Å². The van der Waals surface area contributed by atoms with Gasteiger partial charge in [-0.25, -0.2) is 0 Å². The Balaban J connectivity index is 2.14. The van der Waals surface area contributed by atoms with E-state index in [1.807, 2.05) is 43.5 Å². The molecule has 0 radical (unpaired) electrons. The van der Waals surface area contributed by atoms with E-state index < -0.39 is 0 Å². The molecule has 1 N–H and O–H groups in total. The Labute approximate surface area is 113 Å². The molecule has 0 saturated heterocycles. The number of nitrogens with zero attached hydrogens (tertiary/aromatic N) is 1. The van der Waals surface area contributed by atoms with Gasteiger partial charge in [-0.05, 0) is 37.1 Å². The number of aryl methyl sites for hydroxylation is 1. The highest BCUT2D eigenvalue weighted by molar-refractivity contribution is 6.21. The average Bonchev–Trinajstić information content (AvgIpc) is 2.38. The maximum Gasteiger partial charge on any atom is 0.0623 e. The zero-order chi connectivity index (χ0) is 13.0. The van der Waals surface area contributed by atoms with Gasteiger partial charge >= 0.3 is 0 Å². The summed E-state index contributed by atoms with van der Waals surface area (Å²) in [7, 11) is 0. The van der Waals surface area contributed by atoms with Gasteiger partial charge < -0.3 is 5.32 Å². The Hall–Kier alpha value is -1.54. The summed E-state index contributed by atoms with van der Waals surface area (Å²) in [5.74, 6) is 0. The number of anilines is 1. The van der Waals surface area contributed by atoms with Crippen LogP contribution in [0, 0.1) is 6.92 Å². The summed E-state index contributed by atoms with van der Waals surface area (Å²) in [5, 5.41) is 3.40. The van der Waals surface area contributed by atoms with Crippen LogP contribution in [0.1, 0.15) is 29.1 Å². The second-order valence-electron chi connectivity index (χ2n) is 4.32. The van der Waals surface area contributed by atoms with Gasteiger partial charge in [0.2, 0.25) is 0 Å². The predicted molar refractivity (Wildman–Crippen MR) is 77.0 cm³/mol. The molecule has 0 fully saturated rings. The number of nitrogens with one attached hydrogen (secondary N) is 1. The van der Waals surface area contributed by atoms with Crippen molar-refractivity contribution in [3.8, 4) is 0 Å². The SMILES string of the molecule is Cc1cccnc1CNc1ccccc1C(C)Cl. The molecule has 1 aromatic carbocycles. The first-order valence-electron chi connectivity index (χ1n) is 6.06. The largest absolute Gasteiger partial charge is 0.379 e. The quantitative estimate of drug-likeness (QED) is 0.829. The number of para-hydroxylation sites is 1. The fourth-order valence-corrected chi connectivity index (χ4v) is 2.08. The van der Waals surface area contributed by atoms with E-state index in [2.05, 4.69) is 23.3 Å². The normalized spacial score (nSPS) is 12.2. The second-order valence-corrected chi connectivity index (χ2v) is 4.98. The van der Waals surface area contributed by atoms with E-state index in [4.69, 9.17) is 11.6 Å². The second kappa shape index (κ2) is 5.87. The van der Waals surface area contributed by atoms with Crippen LogP contribution >= 0.6 is 11.6 Å². The molecule has 1 unspecified atom stereocenters. The molecule has 2 nitrogen and oxygen atoms in total. The van der Waals surface area contributed by atoms with Crippen molar-refractivity contribution in [2.75, 3.05) is 5.32 Å². The fraction of sp³-hybridized carbons (Fsp3) is 0.267. The molecular weight excluding hydrogens is 244 g/mol. The van der Waals surface area contributed by atoms with Gasteiger partial charge in [-0.1, -0.05) is 24.3 Å². The molecule has 0 saturated carbocycles. The molecule has 1 atom stereocenters. The van der Waals surface area contributed by atoms with Gasteiger partial charge in [-0.3, -0.25) is 4.98 Å². The lowest BCUT2D eigenvalue weighted by Crippen LogP contribution is -2.05. The first kappa shape index (κ1) is 12.9. The van der Waals surface area contributed by atoms with Crippen LogP contribution in [0.25, 0.3) is 0 Å². The van der Waals surface area contributed by atoms with Crippen molar-refractivity contribution in [2.24, 2.45) is 0 Å². The molecule has 0 aliphatic carbocycles. The highest BCUT2D eigenvalue weighted by atomic mass is 35.5. The number of aromatic nitrogens is 1. The molecule has 0 aliphatic rings. The van der Waals surface area contributed by atoms with Gasteiger partial charge in [0.05, 0.1) is 17.6 Å². The number of pyridine rings is 1. The molecule has 18 heavy (non-hydrogen) atoms. The van der Waals surface area contributed by atoms with E-state index in [0.29, 0.717) is 6.54 Å². The molecule has 1 heterocycles. The zero-order valence-corrected chi connectivity index (χ0v) is 11.4. The first-order valence-corrected chi connectivity index (χ1v) is 6.49. The Bertz CT molecular complexity index is 523. The van der Waals surface area contributed by atoms with Crippen molar-refractivity contribution < 1.29 is 0 Å². The minimum Gasteiger partial charge on any atom is -0.379 e. The fourth-order valence-electron chi connectivity index (χ4n) is 1.89. The van der Waals surface area contributed by atoms with E-state index in [0.717, 1.165) is 16.9 Å². The number of benzene rings is 1. The number of rotatable bonds is 4. The highest BCUT2D eigenvalue weighted by Crippen LogP contribution is 2.27. The van der Waals surface area contributed by atoms with Crippen LogP contribution in [0.15, 0.2) is 42.6 Å². The number of hydrogen-bond donors (Lipinski definition) is 1. The summed E-state index contributed by atoms with van der Waals surface area (Å²) in [6.07, 6.45) is 1.82. The monoisotopic (exact) mass is 260 g/mol. The van der Waals surface area contributed by atoms with E-state index >= 15 is 0 Å². The van der Waals surface area contributed by atoms with Gasteiger partial charge in [0.15, 0.2) is 0 Å². The van der Waals surface area contributed by atoms with E-state index in [9.17, 15) is 0 Å². The van der Waals surface area contributed by atoms with Crippen molar-refractivity contribution in [3.05, 3.63) is 59.4 Å². The van der Waals surface area contributed by atoms with Crippen molar-refractivity contribution in [3.63, 3.8) is 0 Å². The lowest BCUT2D eigenvalue weighted by Gasteiger charge is -2.13. The van der Waals surface area contributed by atoms with Gasteiger partial charge in [0.1, 0.15) is 0 Å². The molecule has 0 bridgehead atoms. The molecule has 3 heteroatoms. The van der Waals surface area contributed by atoms with Crippen molar-refractivity contribution in [1.29, 1.82) is 0 Å². The lowest BCUT2D eigenvalue weighted by molar-refractivity contribution is 1.00. The first-order chi connectivity index (χ1) is 8.68. The average molecular weight is 261 g/mol. The number of hydrogen-bond acceptors (Lipinski definition) is 2. The van der Waals surface area contributed by atoms with E-state index in [1.54, 1.807) is 0 Å². The summed E-state index contributed by atoms with van der Waals surface area (Å²) in [6, 6.07) is 12.1. The maximum atomic E-state index is 6.17. The van der Waals surface area contributed by atoms with Crippen LogP contribution in [0.5, 0.6) is 0 Å². The third kappa shape index (κ3) is 3.02. The highest BCUT2D eigenvalue weighted by Gasteiger charge is 2.07. The third-order valence-corrected chi connectivity index (χ3v) is 3.19. The minimum atomic E-state index is -0.00136. The predicted octanol–water partition coefficient (Wildman–Crippen LogP) is 4.30. The Morgan fingerprint density at radius 2 is 2.00 bits per heavy atom. The molecular formula is C15H17ClN2. The van der Waals surface area contributed by atoms with Crippen molar-refractivity contribution in [1.82, 2.24) is 4.98 Å². The van der Waals surface area contributed by atoms with Crippen LogP contribution < -0.4 is 5.32 Å². The maximum absolute atomic E-state index is 6.17. The van der Waals surface area contributed by atoms with Gasteiger partial charge in [0.25, 0.3) is 0 Å². The van der Waals surface area contributed by atoms with Crippen LogP contribution in [-0.2, 0) is 6.54 Å². The van der Waals surface area contributed by atoms with Crippen LogP contribution in [0.4, 0.5) is 5.69 Å². The van der Waals surface area contributed by atoms with Crippen LogP contribution in [-0.4, -0.2) is 4.98 Å². The van der Waals surface area contributed by atoms with Crippen LogP contribution in [0.2, 0.25) is 0 Å². The van der Waals surface area contributed by atoms with E-state index in [1.165, 1.54) is 5.56 Å². The number of halogens is 1. The molecule has 0 amide bonds. The molecule has 0 spiro atoms.